The zero-order chi connectivity index (χ0) is 15.4. The fourth-order valence-corrected chi connectivity index (χ4v) is 2.18. The van der Waals surface area contributed by atoms with Crippen molar-refractivity contribution in [2.75, 3.05) is 5.32 Å². The summed E-state index contributed by atoms with van der Waals surface area (Å²) in [5.74, 6) is -0.981. The summed E-state index contributed by atoms with van der Waals surface area (Å²) >= 11 is 17.7. The van der Waals surface area contributed by atoms with E-state index in [2.05, 4.69) is 5.32 Å². The number of amides is 1. The van der Waals surface area contributed by atoms with E-state index in [4.69, 9.17) is 34.8 Å². The molecular formula is C15H9Cl3FNO. The van der Waals surface area contributed by atoms with E-state index in [0.717, 1.165) is 0 Å². The highest BCUT2D eigenvalue weighted by Gasteiger charge is 2.07. The second-order valence-electron chi connectivity index (χ2n) is 4.06. The van der Waals surface area contributed by atoms with Crippen molar-refractivity contribution in [3.05, 3.63) is 68.9 Å². The van der Waals surface area contributed by atoms with Crippen LogP contribution in [-0.2, 0) is 4.79 Å². The molecule has 0 fully saturated rings. The highest BCUT2D eigenvalue weighted by atomic mass is 35.5. The van der Waals surface area contributed by atoms with Crippen molar-refractivity contribution in [1.29, 1.82) is 0 Å². The molecule has 0 aromatic heterocycles. The van der Waals surface area contributed by atoms with E-state index in [0.29, 0.717) is 10.7 Å². The van der Waals surface area contributed by atoms with Crippen molar-refractivity contribution in [3.8, 4) is 0 Å². The first-order chi connectivity index (χ1) is 9.99. The van der Waals surface area contributed by atoms with Crippen LogP contribution in [0.25, 0.3) is 6.08 Å². The average Bonchev–Trinajstić information content (AvgIpc) is 2.43. The van der Waals surface area contributed by atoms with Crippen molar-refractivity contribution in [2.45, 2.75) is 0 Å². The van der Waals surface area contributed by atoms with E-state index in [-0.39, 0.29) is 15.6 Å². The van der Waals surface area contributed by atoms with Gasteiger partial charge in [0.1, 0.15) is 5.82 Å². The second kappa shape index (κ2) is 6.94. The molecule has 0 saturated heterocycles. The zero-order valence-corrected chi connectivity index (χ0v) is 12.8. The summed E-state index contributed by atoms with van der Waals surface area (Å²) < 4.78 is 13.5. The van der Waals surface area contributed by atoms with Crippen LogP contribution in [0.1, 0.15) is 5.56 Å². The number of carbonyl (C=O) groups is 1. The lowest BCUT2D eigenvalue weighted by molar-refractivity contribution is -0.111. The Bertz CT molecular complexity index is 696. The Morgan fingerprint density at radius 2 is 1.71 bits per heavy atom. The molecule has 0 radical (unpaired) electrons. The lowest BCUT2D eigenvalue weighted by Crippen LogP contribution is -2.08. The predicted octanol–water partition coefficient (Wildman–Crippen LogP) is 5.44. The molecule has 0 heterocycles. The normalized spacial score (nSPS) is 10.9. The molecule has 0 atom stereocenters. The van der Waals surface area contributed by atoms with E-state index in [9.17, 15) is 9.18 Å². The van der Waals surface area contributed by atoms with Gasteiger partial charge in [-0.25, -0.2) is 4.39 Å². The molecule has 1 amide bonds. The molecular weight excluding hydrogens is 336 g/mol. The molecule has 2 rings (SSSR count). The van der Waals surface area contributed by atoms with E-state index in [1.165, 1.54) is 30.4 Å². The molecule has 0 unspecified atom stereocenters. The van der Waals surface area contributed by atoms with Gasteiger partial charge < -0.3 is 5.32 Å². The summed E-state index contributed by atoms with van der Waals surface area (Å²) in [4.78, 5) is 11.8. The topological polar surface area (TPSA) is 29.1 Å². The van der Waals surface area contributed by atoms with Crippen LogP contribution in [0.15, 0.2) is 42.5 Å². The van der Waals surface area contributed by atoms with E-state index >= 15 is 0 Å². The number of halogens is 4. The quantitative estimate of drug-likeness (QED) is 0.738. The second-order valence-corrected chi connectivity index (χ2v) is 5.25. The number of rotatable bonds is 3. The molecule has 6 heteroatoms. The zero-order valence-electron chi connectivity index (χ0n) is 10.5. The van der Waals surface area contributed by atoms with Crippen LogP contribution in [0, 0.1) is 5.82 Å². The number of anilines is 1. The molecule has 0 aliphatic rings. The van der Waals surface area contributed by atoms with Crippen molar-refractivity contribution < 1.29 is 9.18 Å². The van der Waals surface area contributed by atoms with Crippen molar-refractivity contribution >= 4 is 52.5 Å². The summed E-state index contributed by atoms with van der Waals surface area (Å²) in [5, 5.41) is 3.34. The average molecular weight is 345 g/mol. The Labute approximate surface area is 136 Å². The number of hydrogen-bond donors (Lipinski definition) is 1. The lowest BCUT2D eigenvalue weighted by atomic mass is 10.2. The van der Waals surface area contributed by atoms with Gasteiger partial charge >= 0.3 is 0 Å². The molecule has 1 N–H and O–H groups in total. The molecule has 108 valence electrons. The molecule has 21 heavy (non-hydrogen) atoms. The van der Waals surface area contributed by atoms with Gasteiger partial charge in [-0.05, 0) is 30.3 Å². The summed E-state index contributed by atoms with van der Waals surface area (Å²) in [5.41, 5.74) is 0.518. The van der Waals surface area contributed by atoms with Crippen LogP contribution in [0.4, 0.5) is 10.1 Å². The predicted molar refractivity (Wildman–Crippen MR) is 85.5 cm³/mol. The Kier molecular flexibility index (Phi) is 5.23. The van der Waals surface area contributed by atoms with Gasteiger partial charge in [0.25, 0.3) is 0 Å². The van der Waals surface area contributed by atoms with Gasteiger partial charge in [-0.3, -0.25) is 4.79 Å². The SMILES string of the molecule is O=C(/C=C/c1c(F)cccc1Cl)Nc1cccc(Cl)c1Cl. The van der Waals surface area contributed by atoms with Crippen LogP contribution >= 0.6 is 34.8 Å². The van der Waals surface area contributed by atoms with Gasteiger partial charge in [0.2, 0.25) is 5.91 Å². The Hall–Kier alpha value is -1.55. The molecule has 0 aliphatic carbocycles. The standard InChI is InChI=1S/C15H9Cl3FNO/c16-10-3-1-5-12(19)9(10)7-8-14(21)20-13-6-2-4-11(17)15(13)18/h1-8H,(H,20,21)/b8-7+. The minimum Gasteiger partial charge on any atom is -0.321 e. The number of carbonyl (C=O) groups excluding carboxylic acids is 1. The van der Waals surface area contributed by atoms with Gasteiger partial charge in [0.05, 0.1) is 20.8 Å². The monoisotopic (exact) mass is 343 g/mol. The number of benzene rings is 2. The van der Waals surface area contributed by atoms with Crippen LogP contribution in [0.3, 0.4) is 0 Å². The summed E-state index contributed by atoms with van der Waals surface area (Å²) in [7, 11) is 0. The molecule has 0 spiro atoms. The van der Waals surface area contributed by atoms with Gasteiger partial charge in [-0.15, -0.1) is 0 Å². The first kappa shape index (κ1) is 15.8. The highest BCUT2D eigenvalue weighted by molar-refractivity contribution is 6.44. The maximum Gasteiger partial charge on any atom is 0.248 e. The molecule has 0 aliphatic heterocycles. The molecule has 2 aromatic carbocycles. The third kappa shape index (κ3) is 3.97. The maximum atomic E-state index is 13.5. The van der Waals surface area contributed by atoms with Crippen LogP contribution in [-0.4, -0.2) is 5.91 Å². The third-order valence-electron chi connectivity index (χ3n) is 2.61. The Morgan fingerprint density at radius 3 is 2.43 bits per heavy atom. The van der Waals surface area contributed by atoms with E-state index in [1.807, 2.05) is 0 Å². The number of hydrogen-bond acceptors (Lipinski definition) is 1. The minimum atomic E-state index is -0.507. The highest BCUT2D eigenvalue weighted by Crippen LogP contribution is 2.29. The van der Waals surface area contributed by atoms with Crippen LogP contribution < -0.4 is 5.32 Å². The number of nitrogens with one attached hydrogen (secondary N) is 1. The first-order valence-electron chi connectivity index (χ1n) is 5.86. The van der Waals surface area contributed by atoms with E-state index in [1.54, 1.807) is 18.2 Å². The van der Waals surface area contributed by atoms with Crippen molar-refractivity contribution in [2.24, 2.45) is 0 Å². The van der Waals surface area contributed by atoms with Gasteiger partial charge in [0.15, 0.2) is 0 Å². The summed E-state index contributed by atoms with van der Waals surface area (Å²) in [6.07, 6.45) is 2.47. The molecule has 0 bridgehead atoms. The summed E-state index contributed by atoms with van der Waals surface area (Å²) in [6, 6.07) is 9.15. The third-order valence-corrected chi connectivity index (χ3v) is 3.76. The molecule has 2 aromatic rings. The summed E-state index contributed by atoms with van der Waals surface area (Å²) in [6.45, 7) is 0. The Balaban J connectivity index is 2.15. The lowest BCUT2D eigenvalue weighted by Gasteiger charge is -2.06. The first-order valence-corrected chi connectivity index (χ1v) is 6.99. The smallest absolute Gasteiger partial charge is 0.248 e. The largest absolute Gasteiger partial charge is 0.321 e. The Morgan fingerprint density at radius 1 is 1.05 bits per heavy atom. The van der Waals surface area contributed by atoms with Crippen LogP contribution in [0.2, 0.25) is 15.1 Å². The molecule has 0 saturated carbocycles. The molecule has 2 nitrogen and oxygen atoms in total. The fourth-order valence-electron chi connectivity index (χ4n) is 1.60. The van der Waals surface area contributed by atoms with Gasteiger partial charge in [0, 0.05) is 11.6 Å². The maximum absolute atomic E-state index is 13.5. The van der Waals surface area contributed by atoms with Gasteiger partial charge in [-0.1, -0.05) is 46.9 Å². The van der Waals surface area contributed by atoms with E-state index < -0.39 is 11.7 Å². The minimum absolute atomic E-state index is 0.145. The van der Waals surface area contributed by atoms with Crippen molar-refractivity contribution in [3.63, 3.8) is 0 Å². The van der Waals surface area contributed by atoms with Crippen LogP contribution in [0.5, 0.6) is 0 Å². The van der Waals surface area contributed by atoms with Crippen molar-refractivity contribution in [1.82, 2.24) is 0 Å². The fraction of sp³-hybridized carbons (Fsp3) is 0. The van der Waals surface area contributed by atoms with Gasteiger partial charge in [-0.2, -0.15) is 0 Å².